The van der Waals surface area contributed by atoms with Gasteiger partial charge in [0.05, 0.1) is 12.2 Å². The molecular formula is C24H31NO. The van der Waals surface area contributed by atoms with Gasteiger partial charge in [0.2, 0.25) is 5.91 Å². The average Bonchev–Trinajstić information content (AvgIpc) is 2.70. The van der Waals surface area contributed by atoms with Crippen LogP contribution in [0.15, 0.2) is 48.5 Å². The monoisotopic (exact) mass is 349 g/mol. The summed E-state index contributed by atoms with van der Waals surface area (Å²) in [6, 6.07) is 16.8. The molecule has 0 radical (unpaired) electrons. The largest absolute Gasteiger partial charge is 0.307 e. The van der Waals surface area contributed by atoms with Crippen molar-refractivity contribution in [2.24, 2.45) is 5.41 Å². The summed E-state index contributed by atoms with van der Waals surface area (Å²) in [5.41, 5.74) is 4.45. The van der Waals surface area contributed by atoms with E-state index in [9.17, 15) is 4.79 Å². The topological polar surface area (TPSA) is 20.3 Å². The molecular weight excluding hydrogens is 318 g/mol. The number of hydrogen-bond acceptors (Lipinski definition) is 1. The van der Waals surface area contributed by atoms with Gasteiger partial charge in [0, 0.05) is 11.0 Å². The molecule has 0 saturated carbocycles. The molecule has 0 fully saturated rings. The Bertz CT molecular complexity index is 766. The zero-order valence-corrected chi connectivity index (χ0v) is 16.4. The van der Waals surface area contributed by atoms with Crippen molar-refractivity contribution in [1.29, 1.82) is 0 Å². The van der Waals surface area contributed by atoms with Gasteiger partial charge in [-0.3, -0.25) is 4.79 Å². The first-order chi connectivity index (χ1) is 12.6. The van der Waals surface area contributed by atoms with Crippen LogP contribution in [0, 0.1) is 5.41 Å². The fourth-order valence-corrected chi connectivity index (χ4v) is 4.00. The normalized spacial score (nSPS) is 15.1. The van der Waals surface area contributed by atoms with Crippen molar-refractivity contribution in [3.8, 4) is 11.1 Å². The van der Waals surface area contributed by atoms with E-state index in [-0.39, 0.29) is 11.3 Å². The van der Waals surface area contributed by atoms with Gasteiger partial charge in [0.1, 0.15) is 0 Å². The maximum absolute atomic E-state index is 13.6. The molecule has 0 spiro atoms. The van der Waals surface area contributed by atoms with Gasteiger partial charge in [0.25, 0.3) is 0 Å². The van der Waals surface area contributed by atoms with Crippen molar-refractivity contribution in [2.45, 2.75) is 65.8 Å². The summed E-state index contributed by atoms with van der Waals surface area (Å²) in [7, 11) is 0. The van der Waals surface area contributed by atoms with Crippen LogP contribution in [0.1, 0.15) is 64.9 Å². The van der Waals surface area contributed by atoms with Crippen molar-refractivity contribution in [2.75, 3.05) is 4.90 Å². The lowest BCUT2D eigenvalue weighted by Gasteiger charge is -2.38. The molecule has 138 valence electrons. The van der Waals surface area contributed by atoms with E-state index in [4.69, 9.17) is 0 Å². The molecule has 1 amide bonds. The molecule has 2 nitrogen and oxygen atoms in total. The number of benzene rings is 2. The van der Waals surface area contributed by atoms with Crippen LogP contribution < -0.4 is 4.90 Å². The highest BCUT2D eigenvalue weighted by atomic mass is 16.2. The smallest absolute Gasteiger partial charge is 0.233 e. The van der Waals surface area contributed by atoms with Gasteiger partial charge in [-0.05, 0) is 30.0 Å². The third-order valence-electron chi connectivity index (χ3n) is 5.95. The quantitative estimate of drug-likeness (QED) is 0.516. The minimum atomic E-state index is -0.285. The number of carbonyl (C=O) groups excluding carboxylic acids is 1. The van der Waals surface area contributed by atoms with Crippen molar-refractivity contribution in [3.05, 3.63) is 54.1 Å². The molecule has 2 aromatic rings. The molecule has 0 saturated heterocycles. The van der Waals surface area contributed by atoms with Gasteiger partial charge in [-0.2, -0.15) is 0 Å². The highest BCUT2D eigenvalue weighted by molar-refractivity contribution is 6.02. The summed E-state index contributed by atoms with van der Waals surface area (Å²) < 4.78 is 0. The second-order valence-corrected chi connectivity index (χ2v) is 7.79. The number of amides is 1. The molecule has 3 rings (SSSR count). The van der Waals surface area contributed by atoms with Gasteiger partial charge < -0.3 is 4.90 Å². The van der Waals surface area contributed by atoms with Crippen LogP contribution >= 0.6 is 0 Å². The summed E-state index contributed by atoms with van der Waals surface area (Å²) >= 11 is 0. The highest BCUT2D eigenvalue weighted by Crippen LogP contribution is 2.42. The Morgan fingerprint density at radius 2 is 1.65 bits per heavy atom. The third-order valence-corrected chi connectivity index (χ3v) is 5.95. The Kier molecular flexibility index (Phi) is 5.80. The van der Waals surface area contributed by atoms with Crippen LogP contribution in [0.5, 0.6) is 0 Å². The summed E-state index contributed by atoms with van der Waals surface area (Å²) in [5, 5.41) is 0. The maximum Gasteiger partial charge on any atom is 0.233 e. The molecule has 2 aromatic carbocycles. The van der Waals surface area contributed by atoms with E-state index in [1.165, 1.54) is 36.0 Å². The predicted molar refractivity (Wildman–Crippen MR) is 110 cm³/mol. The van der Waals surface area contributed by atoms with E-state index in [2.05, 4.69) is 63.2 Å². The molecule has 0 aromatic heterocycles. The van der Waals surface area contributed by atoms with E-state index in [0.29, 0.717) is 6.54 Å². The van der Waals surface area contributed by atoms with Crippen LogP contribution in [0.4, 0.5) is 5.69 Å². The second kappa shape index (κ2) is 8.07. The van der Waals surface area contributed by atoms with Crippen LogP contribution in [0.3, 0.4) is 0 Å². The first-order valence-corrected chi connectivity index (χ1v) is 10.1. The number of carbonyl (C=O) groups is 1. The lowest BCUT2D eigenvalue weighted by molar-refractivity contribution is -0.128. The van der Waals surface area contributed by atoms with E-state index >= 15 is 0 Å². The third kappa shape index (κ3) is 3.56. The number of rotatable bonds is 7. The second-order valence-electron chi connectivity index (χ2n) is 7.79. The minimum absolute atomic E-state index is 0.276. The summed E-state index contributed by atoms with van der Waals surface area (Å²) in [6.07, 6.45) is 6.71. The maximum atomic E-state index is 13.6. The summed E-state index contributed by atoms with van der Waals surface area (Å²) in [5.74, 6) is 0.276. The first kappa shape index (κ1) is 18.7. The highest BCUT2D eigenvalue weighted by Gasteiger charge is 2.37. The first-order valence-electron chi connectivity index (χ1n) is 10.1. The molecule has 1 unspecified atom stereocenters. The lowest BCUT2D eigenvalue weighted by Crippen LogP contribution is -2.43. The molecule has 26 heavy (non-hydrogen) atoms. The van der Waals surface area contributed by atoms with Gasteiger partial charge >= 0.3 is 0 Å². The Balaban J connectivity index is 1.90. The standard InChI is InChI=1S/C24H31NO/c1-4-6-7-12-17-24(3,5-2)23(26)25-18-19-13-8-9-14-20(19)21-15-10-11-16-22(21)25/h8-11,13-16H,4-7,12,17-18H2,1-3H3. The van der Waals surface area contributed by atoms with Crippen LogP contribution in [-0.2, 0) is 11.3 Å². The number of hydrogen-bond donors (Lipinski definition) is 0. The molecule has 0 N–H and O–H groups in total. The van der Waals surface area contributed by atoms with Crippen LogP contribution in [0.25, 0.3) is 11.1 Å². The number of anilines is 1. The molecule has 1 aliphatic heterocycles. The summed E-state index contributed by atoms with van der Waals surface area (Å²) in [4.78, 5) is 15.6. The fraction of sp³-hybridized carbons (Fsp3) is 0.458. The van der Waals surface area contributed by atoms with Gasteiger partial charge in [-0.25, -0.2) is 0 Å². The van der Waals surface area contributed by atoms with Crippen molar-refractivity contribution < 1.29 is 4.79 Å². The Labute approximate surface area is 158 Å². The Morgan fingerprint density at radius 1 is 0.962 bits per heavy atom. The number of nitrogens with zero attached hydrogens (tertiary/aromatic N) is 1. The molecule has 1 atom stereocenters. The number of para-hydroxylation sites is 1. The lowest BCUT2D eigenvalue weighted by atomic mass is 9.79. The van der Waals surface area contributed by atoms with Crippen LogP contribution in [-0.4, -0.2) is 5.91 Å². The zero-order valence-electron chi connectivity index (χ0n) is 16.4. The van der Waals surface area contributed by atoms with E-state index < -0.39 is 0 Å². The SMILES string of the molecule is CCCCCCC(C)(CC)C(=O)N1Cc2ccccc2-c2ccccc21. The van der Waals surface area contributed by atoms with Crippen molar-refractivity contribution in [1.82, 2.24) is 0 Å². The number of fused-ring (bicyclic) bond motifs is 3. The molecule has 1 aliphatic rings. The Morgan fingerprint density at radius 3 is 2.38 bits per heavy atom. The summed E-state index contributed by atoms with van der Waals surface area (Å²) in [6.45, 7) is 7.22. The fourth-order valence-electron chi connectivity index (χ4n) is 4.00. The molecule has 1 heterocycles. The number of unbranched alkanes of at least 4 members (excludes halogenated alkanes) is 3. The average molecular weight is 350 g/mol. The molecule has 0 bridgehead atoms. The van der Waals surface area contributed by atoms with Gasteiger partial charge in [-0.1, -0.05) is 88.9 Å². The minimum Gasteiger partial charge on any atom is -0.307 e. The van der Waals surface area contributed by atoms with Crippen LogP contribution in [0.2, 0.25) is 0 Å². The van der Waals surface area contributed by atoms with Gasteiger partial charge in [-0.15, -0.1) is 0 Å². The molecule has 2 heteroatoms. The van der Waals surface area contributed by atoms with Gasteiger partial charge in [0.15, 0.2) is 0 Å². The van der Waals surface area contributed by atoms with E-state index in [1.807, 2.05) is 11.0 Å². The van der Waals surface area contributed by atoms with E-state index in [0.717, 1.165) is 24.9 Å². The van der Waals surface area contributed by atoms with Crippen molar-refractivity contribution >= 4 is 11.6 Å². The zero-order chi connectivity index (χ0) is 18.6. The Hall–Kier alpha value is -2.09. The van der Waals surface area contributed by atoms with E-state index in [1.54, 1.807) is 0 Å². The predicted octanol–water partition coefficient (Wildman–Crippen LogP) is 6.59. The van der Waals surface area contributed by atoms with Crippen molar-refractivity contribution in [3.63, 3.8) is 0 Å². The molecule has 0 aliphatic carbocycles.